The lowest BCUT2D eigenvalue weighted by Crippen LogP contribution is -2.40. The molecule has 0 atom stereocenters. The molecule has 1 nitrogen and oxygen atoms in total. The van der Waals surface area contributed by atoms with E-state index in [0.717, 1.165) is 6.54 Å². The van der Waals surface area contributed by atoms with Crippen molar-refractivity contribution in [1.82, 2.24) is 0 Å². The Balaban J connectivity index is 1.83. The summed E-state index contributed by atoms with van der Waals surface area (Å²) in [6, 6.07) is 30.1. The minimum Gasteiger partial charge on any atom is -0.362 e. The van der Waals surface area contributed by atoms with Crippen LogP contribution < -0.4 is 4.90 Å². The van der Waals surface area contributed by atoms with Gasteiger partial charge in [-0.25, -0.2) is 0 Å². The van der Waals surface area contributed by atoms with E-state index in [1.54, 1.807) is 0 Å². The van der Waals surface area contributed by atoms with Crippen LogP contribution >= 0.6 is 0 Å². The number of hydrogen-bond acceptors (Lipinski definition) is 1. The molecular formula is C23H25N. The highest BCUT2D eigenvalue weighted by molar-refractivity contribution is 5.63. The Morgan fingerprint density at radius 2 is 1.12 bits per heavy atom. The summed E-state index contributed by atoms with van der Waals surface area (Å²) in [5.41, 5.74) is 5.19. The second-order valence-corrected chi connectivity index (χ2v) is 7.16. The monoisotopic (exact) mass is 315 g/mol. The maximum absolute atomic E-state index is 2.45. The van der Waals surface area contributed by atoms with Crippen LogP contribution in [0.2, 0.25) is 0 Å². The summed E-state index contributed by atoms with van der Waals surface area (Å²) in [5.74, 6) is 0. The summed E-state index contributed by atoms with van der Waals surface area (Å²) >= 11 is 0. The SMILES string of the molecule is CC(C)(C)N(Cc1ccc(-c2ccccc2)cc1)c1ccccc1. The Bertz CT molecular complexity index is 753. The molecule has 0 N–H and O–H groups in total. The zero-order chi connectivity index (χ0) is 17.0. The minimum absolute atomic E-state index is 0.0689. The summed E-state index contributed by atoms with van der Waals surface area (Å²) < 4.78 is 0. The molecule has 0 radical (unpaired) electrons. The van der Waals surface area contributed by atoms with Gasteiger partial charge in [0.25, 0.3) is 0 Å². The van der Waals surface area contributed by atoms with E-state index >= 15 is 0 Å². The molecule has 122 valence electrons. The van der Waals surface area contributed by atoms with Crippen molar-refractivity contribution < 1.29 is 0 Å². The van der Waals surface area contributed by atoms with E-state index in [1.807, 2.05) is 0 Å². The van der Waals surface area contributed by atoms with Gasteiger partial charge in [-0.15, -0.1) is 0 Å². The van der Waals surface area contributed by atoms with Crippen molar-refractivity contribution in [3.8, 4) is 11.1 Å². The lowest BCUT2D eigenvalue weighted by molar-refractivity contribution is 0.501. The molecule has 24 heavy (non-hydrogen) atoms. The molecule has 0 spiro atoms. The maximum atomic E-state index is 2.45. The Labute approximate surface area is 145 Å². The van der Waals surface area contributed by atoms with E-state index in [-0.39, 0.29) is 5.54 Å². The average molecular weight is 315 g/mol. The highest BCUT2D eigenvalue weighted by Gasteiger charge is 2.21. The van der Waals surface area contributed by atoms with Gasteiger partial charge in [-0.05, 0) is 49.6 Å². The third-order valence-electron chi connectivity index (χ3n) is 4.28. The summed E-state index contributed by atoms with van der Waals surface area (Å²) in [7, 11) is 0. The van der Waals surface area contributed by atoms with Crippen LogP contribution in [-0.4, -0.2) is 5.54 Å². The molecule has 0 aromatic heterocycles. The van der Waals surface area contributed by atoms with Gasteiger partial charge in [0.15, 0.2) is 0 Å². The summed E-state index contributed by atoms with van der Waals surface area (Å²) in [6.07, 6.45) is 0. The summed E-state index contributed by atoms with van der Waals surface area (Å²) in [5, 5.41) is 0. The number of hydrogen-bond donors (Lipinski definition) is 0. The standard InChI is InChI=1S/C23H25N/c1-23(2,3)24(22-12-8-5-9-13-22)18-19-14-16-21(17-15-19)20-10-6-4-7-11-20/h4-17H,18H2,1-3H3. The van der Waals surface area contributed by atoms with Crippen molar-refractivity contribution in [2.75, 3.05) is 4.90 Å². The van der Waals surface area contributed by atoms with Crippen molar-refractivity contribution in [3.63, 3.8) is 0 Å². The summed E-state index contributed by atoms with van der Waals surface area (Å²) in [4.78, 5) is 2.45. The average Bonchev–Trinajstić information content (AvgIpc) is 2.61. The molecule has 0 amide bonds. The van der Waals surface area contributed by atoms with Crippen LogP contribution in [0.1, 0.15) is 26.3 Å². The first kappa shape index (κ1) is 16.3. The topological polar surface area (TPSA) is 3.24 Å². The van der Waals surface area contributed by atoms with Gasteiger partial charge < -0.3 is 4.90 Å². The predicted molar refractivity (Wildman–Crippen MR) is 104 cm³/mol. The lowest BCUT2D eigenvalue weighted by atomic mass is 10.0. The highest BCUT2D eigenvalue weighted by Crippen LogP contribution is 2.27. The fourth-order valence-electron chi connectivity index (χ4n) is 2.94. The van der Waals surface area contributed by atoms with Gasteiger partial charge in [0.1, 0.15) is 0 Å². The molecule has 0 saturated heterocycles. The molecule has 0 unspecified atom stereocenters. The van der Waals surface area contributed by atoms with Crippen LogP contribution in [0.25, 0.3) is 11.1 Å². The van der Waals surface area contributed by atoms with E-state index in [0.29, 0.717) is 0 Å². The van der Waals surface area contributed by atoms with Gasteiger partial charge in [-0.2, -0.15) is 0 Å². The quantitative estimate of drug-likeness (QED) is 0.557. The van der Waals surface area contributed by atoms with Crippen LogP contribution in [0.5, 0.6) is 0 Å². The third-order valence-corrected chi connectivity index (χ3v) is 4.28. The van der Waals surface area contributed by atoms with Gasteiger partial charge in [-0.3, -0.25) is 0 Å². The van der Waals surface area contributed by atoms with Crippen LogP contribution in [0, 0.1) is 0 Å². The number of benzene rings is 3. The Hall–Kier alpha value is -2.54. The second kappa shape index (κ2) is 6.92. The zero-order valence-electron chi connectivity index (χ0n) is 14.7. The van der Waals surface area contributed by atoms with E-state index in [4.69, 9.17) is 0 Å². The van der Waals surface area contributed by atoms with Crippen molar-refractivity contribution >= 4 is 5.69 Å². The molecule has 3 rings (SSSR count). The van der Waals surface area contributed by atoms with Crippen LogP contribution in [0.3, 0.4) is 0 Å². The third kappa shape index (κ3) is 3.86. The van der Waals surface area contributed by atoms with Gasteiger partial charge >= 0.3 is 0 Å². The maximum Gasteiger partial charge on any atom is 0.0434 e. The number of rotatable bonds is 4. The molecular weight excluding hydrogens is 290 g/mol. The fourth-order valence-corrected chi connectivity index (χ4v) is 2.94. The van der Waals surface area contributed by atoms with Crippen LogP contribution in [0.4, 0.5) is 5.69 Å². The first-order chi connectivity index (χ1) is 11.5. The van der Waals surface area contributed by atoms with Crippen LogP contribution in [-0.2, 0) is 6.54 Å². The predicted octanol–water partition coefficient (Wildman–Crippen LogP) is 6.16. The Morgan fingerprint density at radius 3 is 1.67 bits per heavy atom. The zero-order valence-corrected chi connectivity index (χ0v) is 14.7. The van der Waals surface area contributed by atoms with Gasteiger partial charge in [0, 0.05) is 17.8 Å². The highest BCUT2D eigenvalue weighted by atomic mass is 15.2. The Kier molecular flexibility index (Phi) is 4.71. The van der Waals surface area contributed by atoms with E-state index in [9.17, 15) is 0 Å². The first-order valence-corrected chi connectivity index (χ1v) is 8.51. The molecule has 3 aromatic carbocycles. The van der Waals surface area contributed by atoms with Crippen molar-refractivity contribution in [2.45, 2.75) is 32.9 Å². The molecule has 1 heteroatoms. The lowest BCUT2D eigenvalue weighted by Gasteiger charge is -2.38. The second-order valence-electron chi connectivity index (χ2n) is 7.16. The van der Waals surface area contributed by atoms with E-state index in [2.05, 4.69) is 111 Å². The minimum atomic E-state index is 0.0689. The van der Waals surface area contributed by atoms with Crippen molar-refractivity contribution in [3.05, 3.63) is 90.5 Å². The number of nitrogens with zero attached hydrogens (tertiary/aromatic N) is 1. The smallest absolute Gasteiger partial charge is 0.0434 e. The summed E-state index contributed by atoms with van der Waals surface area (Å²) in [6.45, 7) is 7.69. The number of anilines is 1. The largest absolute Gasteiger partial charge is 0.362 e. The molecule has 0 aliphatic heterocycles. The molecule has 0 heterocycles. The first-order valence-electron chi connectivity index (χ1n) is 8.51. The van der Waals surface area contributed by atoms with Crippen LogP contribution in [0.15, 0.2) is 84.9 Å². The molecule has 0 bridgehead atoms. The fraction of sp³-hybridized carbons (Fsp3) is 0.217. The molecule has 0 fully saturated rings. The molecule has 0 aliphatic rings. The van der Waals surface area contributed by atoms with Gasteiger partial charge in [0.2, 0.25) is 0 Å². The molecule has 0 aliphatic carbocycles. The van der Waals surface area contributed by atoms with Crippen molar-refractivity contribution in [1.29, 1.82) is 0 Å². The molecule has 3 aromatic rings. The normalized spacial score (nSPS) is 11.3. The Morgan fingerprint density at radius 1 is 0.625 bits per heavy atom. The molecule has 0 saturated carbocycles. The van der Waals surface area contributed by atoms with E-state index in [1.165, 1.54) is 22.4 Å². The van der Waals surface area contributed by atoms with Gasteiger partial charge in [-0.1, -0.05) is 72.8 Å². The van der Waals surface area contributed by atoms with E-state index < -0.39 is 0 Å². The van der Waals surface area contributed by atoms with Crippen molar-refractivity contribution in [2.24, 2.45) is 0 Å². The van der Waals surface area contributed by atoms with Gasteiger partial charge in [0.05, 0.1) is 0 Å². The number of para-hydroxylation sites is 1.